The SMILES string of the molecule is Cc1noc(C(CN(CCOc2ccc(F)c(C(N)=O)c2F)C(=O)O)c2nc(-c3ccc(C(F)(F)F)cc3)c(Br)o2)n1. The zero-order valence-electron chi connectivity index (χ0n) is 21.3. The van der Waals surface area contributed by atoms with Crippen molar-refractivity contribution in [2.75, 3.05) is 19.7 Å². The van der Waals surface area contributed by atoms with E-state index in [-0.39, 0.29) is 40.1 Å². The lowest BCUT2D eigenvalue weighted by atomic mass is 10.1. The molecule has 0 saturated heterocycles. The maximum absolute atomic E-state index is 14.5. The van der Waals surface area contributed by atoms with Gasteiger partial charge in [-0.3, -0.25) is 4.79 Å². The van der Waals surface area contributed by atoms with Crippen molar-refractivity contribution in [1.29, 1.82) is 0 Å². The second kappa shape index (κ2) is 12.1. The molecule has 2 heterocycles. The van der Waals surface area contributed by atoms with Gasteiger partial charge < -0.3 is 29.4 Å². The van der Waals surface area contributed by atoms with Crippen molar-refractivity contribution in [2.45, 2.75) is 19.0 Å². The minimum Gasteiger partial charge on any atom is -0.489 e. The van der Waals surface area contributed by atoms with Crippen LogP contribution in [0.3, 0.4) is 0 Å². The highest BCUT2D eigenvalue weighted by Gasteiger charge is 2.33. The van der Waals surface area contributed by atoms with E-state index in [0.717, 1.165) is 29.2 Å². The van der Waals surface area contributed by atoms with Crippen molar-refractivity contribution in [3.8, 4) is 17.0 Å². The summed E-state index contributed by atoms with van der Waals surface area (Å²) in [4.78, 5) is 32.7. The summed E-state index contributed by atoms with van der Waals surface area (Å²) in [5, 5.41) is 13.5. The average Bonchev–Trinajstić information content (AvgIpc) is 3.51. The molecule has 0 spiro atoms. The molecule has 4 aromatic rings. The number of hydrogen-bond donors (Lipinski definition) is 2. The highest BCUT2D eigenvalue weighted by Crippen LogP contribution is 2.36. The number of nitrogens with zero attached hydrogens (tertiary/aromatic N) is 4. The van der Waals surface area contributed by atoms with E-state index in [9.17, 15) is 36.6 Å². The molecule has 222 valence electrons. The van der Waals surface area contributed by atoms with Crippen LogP contribution in [0.1, 0.15) is 39.4 Å². The Morgan fingerprint density at radius 3 is 2.38 bits per heavy atom. The first-order valence-corrected chi connectivity index (χ1v) is 12.6. The maximum Gasteiger partial charge on any atom is 0.416 e. The van der Waals surface area contributed by atoms with Crippen LogP contribution in [0.2, 0.25) is 0 Å². The van der Waals surface area contributed by atoms with E-state index in [1.807, 2.05) is 0 Å². The van der Waals surface area contributed by atoms with E-state index >= 15 is 0 Å². The van der Waals surface area contributed by atoms with Crippen LogP contribution in [0.15, 0.2) is 50.0 Å². The lowest BCUT2D eigenvalue weighted by Crippen LogP contribution is -2.37. The highest BCUT2D eigenvalue weighted by atomic mass is 79.9. The van der Waals surface area contributed by atoms with Gasteiger partial charge in [0.1, 0.15) is 29.6 Å². The monoisotopic (exact) mass is 659 g/mol. The number of amides is 2. The molecule has 17 heteroatoms. The van der Waals surface area contributed by atoms with E-state index in [2.05, 4.69) is 31.1 Å². The van der Waals surface area contributed by atoms with Crippen LogP contribution in [-0.4, -0.2) is 56.8 Å². The van der Waals surface area contributed by atoms with Crippen molar-refractivity contribution in [2.24, 2.45) is 5.73 Å². The van der Waals surface area contributed by atoms with Gasteiger partial charge >= 0.3 is 12.3 Å². The number of oxazole rings is 1. The molecule has 1 atom stereocenters. The van der Waals surface area contributed by atoms with Gasteiger partial charge in [-0.05, 0) is 47.1 Å². The molecule has 0 fully saturated rings. The minimum atomic E-state index is -4.54. The standard InChI is InChI=1S/C25H19BrF5N5O6/c1-11-33-23(42-35-11)14(22-34-19(20(26)41-22)12-2-4-13(5-3-12)25(29,30)31)10-36(24(38)39)8-9-40-16-7-6-15(27)17(18(16)28)21(32)37/h2-7,14H,8-10H2,1H3,(H2,32,37)(H,38,39). The number of carbonyl (C=O) groups excluding carboxylic acids is 1. The highest BCUT2D eigenvalue weighted by molar-refractivity contribution is 9.10. The Bertz CT molecular complexity index is 1610. The van der Waals surface area contributed by atoms with Crippen LogP contribution >= 0.6 is 15.9 Å². The molecule has 0 radical (unpaired) electrons. The third-order valence-electron chi connectivity index (χ3n) is 5.82. The van der Waals surface area contributed by atoms with Gasteiger partial charge in [-0.25, -0.2) is 18.6 Å². The summed E-state index contributed by atoms with van der Waals surface area (Å²) >= 11 is 3.19. The smallest absolute Gasteiger partial charge is 0.416 e. The zero-order chi connectivity index (χ0) is 30.8. The minimum absolute atomic E-state index is 0.0424. The van der Waals surface area contributed by atoms with Gasteiger partial charge in [0.25, 0.3) is 5.91 Å². The molecule has 2 amide bonds. The van der Waals surface area contributed by atoms with E-state index in [1.54, 1.807) is 0 Å². The number of rotatable bonds is 10. The topological polar surface area (TPSA) is 158 Å². The third kappa shape index (κ3) is 6.67. The molecule has 1 unspecified atom stereocenters. The van der Waals surface area contributed by atoms with E-state index in [0.29, 0.717) is 0 Å². The number of aromatic nitrogens is 3. The van der Waals surface area contributed by atoms with Crippen molar-refractivity contribution in [3.05, 3.63) is 81.4 Å². The summed E-state index contributed by atoms with van der Waals surface area (Å²) < 4.78 is 83.3. The lowest BCUT2D eigenvalue weighted by molar-refractivity contribution is -0.137. The molecule has 0 saturated carbocycles. The number of carbonyl (C=O) groups is 2. The number of hydrogen-bond acceptors (Lipinski definition) is 8. The second-order valence-electron chi connectivity index (χ2n) is 8.66. The molecule has 0 aliphatic rings. The molecule has 0 aliphatic heterocycles. The number of carboxylic acid groups (broad SMARTS) is 1. The first-order chi connectivity index (χ1) is 19.8. The molecule has 2 aromatic heterocycles. The van der Waals surface area contributed by atoms with Crippen molar-refractivity contribution in [1.82, 2.24) is 20.0 Å². The number of primary amides is 1. The molecular formula is C25H19BrF5N5O6. The van der Waals surface area contributed by atoms with Crippen molar-refractivity contribution < 1.29 is 50.3 Å². The third-order valence-corrected chi connectivity index (χ3v) is 6.36. The summed E-state index contributed by atoms with van der Waals surface area (Å²) in [5.41, 5.74) is 3.52. The normalized spacial score (nSPS) is 12.3. The predicted octanol–water partition coefficient (Wildman–Crippen LogP) is 5.38. The van der Waals surface area contributed by atoms with E-state index < -0.39 is 65.8 Å². The average molecular weight is 660 g/mol. The first-order valence-electron chi connectivity index (χ1n) is 11.8. The molecule has 0 bridgehead atoms. The van der Waals surface area contributed by atoms with Gasteiger partial charge in [-0.2, -0.15) is 18.2 Å². The summed E-state index contributed by atoms with van der Waals surface area (Å²) in [6.07, 6.45) is -5.98. The van der Waals surface area contributed by atoms with Crippen LogP contribution in [0, 0.1) is 18.6 Å². The quantitative estimate of drug-likeness (QED) is 0.213. The number of halogens is 6. The van der Waals surface area contributed by atoms with Crippen molar-refractivity contribution in [3.63, 3.8) is 0 Å². The largest absolute Gasteiger partial charge is 0.489 e. The Hall–Kier alpha value is -4.54. The maximum atomic E-state index is 14.5. The predicted molar refractivity (Wildman–Crippen MR) is 135 cm³/mol. The van der Waals surface area contributed by atoms with E-state index in [1.165, 1.54) is 19.1 Å². The molecule has 11 nitrogen and oxygen atoms in total. The van der Waals surface area contributed by atoms with Crippen LogP contribution in [0.25, 0.3) is 11.3 Å². The summed E-state index contributed by atoms with van der Waals surface area (Å²) in [7, 11) is 0. The first kappa shape index (κ1) is 30.4. The van der Waals surface area contributed by atoms with Gasteiger partial charge in [-0.15, -0.1) is 0 Å². The fourth-order valence-corrected chi connectivity index (χ4v) is 4.28. The summed E-state index contributed by atoms with van der Waals surface area (Å²) in [6.45, 7) is 0.325. The van der Waals surface area contributed by atoms with E-state index in [4.69, 9.17) is 19.4 Å². The lowest BCUT2D eigenvalue weighted by Gasteiger charge is -2.22. The van der Waals surface area contributed by atoms with Crippen molar-refractivity contribution >= 4 is 27.9 Å². The number of aryl methyl sites for hydroxylation is 1. The van der Waals surface area contributed by atoms with Gasteiger partial charge in [0.2, 0.25) is 11.8 Å². The molecular weight excluding hydrogens is 641 g/mol. The molecule has 3 N–H and O–H groups in total. The Morgan fingerprint density at radius 1 is 1.12 bits per heavy atom. The van der Waals surface area contributed by atoms with Crippen LogP contribution in [0.4, 0.5) is 26.7 Å². The Kier molecular flexibility index (Phi) is 8.79. The number of nitrogens with two attached hydrogens (primary N) is 1. The van der Waals surface area contributed by atoms with Gasteiger partial charge in [0.05, 0.1) is 12.1 Å². The number of alkyl halides is 3. The zero-order valence-corrected chi connectivity index (χ0v) is 22.9. The summed E-state index contributed by atoms with van der Waals surface area (Å²) in [5.74, 6) is -5.48. The van der Waals surface area contributed by atoms with Gasteiger partial charge in [0, 0.05) is 12.1 Å². The Labute approximate surface area is 241 Å². The Balaban J connectivity index is 1.58. The summed E-state index contributed by atoms with van der Waals surface area (Å²) in [6, 6.07) is 5.82. The molecule has 2 aromatic carbocycles. The molecule has 42 heavy (non-hydrogen) atoms. The van der Waals surface area contributed by atoms with Gasteiger partial charge in [0.15, 0.2) is 22.1 Å². The van der Waals surface area contributed by atoms with Crippen LogP contribution < -0.4 is 10.5 Å². The fourth-order valence-electron chi connectivity index (χ4n) is 3.80. The van der Waals surface area contributed by atoms with Crippen LogP contribution in [-0.2, 0) is 6.18 Å². The Morgan fingerprint density at radius 2 is 1.81 bits per heavy atom. The number of benzene rings is 2. The molecule has 4 rings (SSSR count). The number of ether oxygens (including phenoxy) is 1. The van der Waals surface area contributed by atoms with Gasteiger partial charge in [-0.1, -0.05) is 17.3 Å². The molecule has 0 aliphatic carbocycles. The van der Waals surface area contributed by atoms with Crippen LogP contribution in [0.5, 0.6) is 5.75 Å². The fraction of sp³-hybridized carbons (Fsp3) is 0.240. The second-order valence-corrected chi connectivity index (χ2v) is 9.38.